The summed E-state index contributed by atoms with van der Waals surface area (Å²) in [4.78, 5) is 4.05. The van der Waals surface area contributed by atoms with Gasteiger partial charge in [-0.05, 0) is 37.8 Å². The van der Waals surface area contributed by atoms with Crippen molar-refractivity contribution in [2.75, 3.05) is 26.9 Å². The summed E-state index contributed by atoms with van der Waals surface area (Å²) < 4.78 is 38.1. The second-order valence-electron chi connectivity index (χ2n) is 5.80. The average Bonchev–Trinajstić information content (AvgIpc) is 2.54. The van der Waals surface area contributed by atoms with Gasteiger partial charge in [-0.1, -0.05) is 6.07 Å². The summed E-state index contributed by atoms with van der Waals surface area (Å²) >= 11 is 0. The maximum atomic E-state index is 12.2. The van der Waals surface area contributed by atoms with Gasteiger partial charge in [0.15, 0.2) is 0 Å². The molecule has 0 amide bonds. The van der Waals surface area contributed by atoms with E-state index in [0.717, 1.165) is 12.8 Å². The molecule has 0 aromatic carbocycles. The lowest BCUT2D eigenvalue weighted by Gasteiger charge is -2.38. The quantitative estimate of drug-likeness (QED) is 0.817. The van der Waals surface area contributed by atoms with Crippen LogP contribution in [0.15, 0.2) is 24.4 Å². The number of nitrogens with zero attached hydrogens (tertiary/aromatic N) is 1. The molecule has 1 aromatic rings. The van der Waals surface area contributed by atoms with Crippen LogP contribution in [0.25, 0.3) is 0 Å². The van der Waals surface area contributed by atoms with Crippen molar-refractivity contribution in [1.29, 1.82) is 0 Å². The highest BCUT2D eigenvalue weighted by molar-refractivity contribution is 7.88. The van der Waals surface area contributed by atoms with E-state index in [4.69, 9.17) is 9.47 Å². The minimum Gasteiger partial charge on any atom is -0.381 e. The zero-order valence-corrected chi connectivity index (χ0v) is 13.9. The predicted molar refractivity (Wildman–Crippen MR) is 83.8 cm³/mol. The second-order valence-corrected chi connectivity index (χ2v) is 7.61. The van der Waals surface area contributed by atoms with Crippen molar-refractivity contribution in [2.45, 2.75) is 31.1 Å². The molecule has 124 valence electrons. The molecule has 2 rings (SSSR count). The normalized spacial score (nSPS) is 19.7. The van der Waals surface area contributed by atoms with Gasteiger partial charge in [0.25, 0.3) is 0 Å². The third-order valence-electron chi connectivity index (χ3n) is 4.26. The van der Waals surface area contributed by atoms with Crippen molar-refractivity contribution in [3.8, 4) is 0 Å². The zero-order chi connectivity index (χ0) is 16.1. The Morgan fingerprint density at radius 2 is 2.14 bits per heavy atom. The van der Waals surface area contributed by atoms with Crippen molar-refractivity contribution < 1.29 is 17.9 Å². The Bertz CT molecular complexity index is 558. The van der Waals surface area contributed by atoms with Gasteiger partial charge in [0.1, 0.15) is 5.75 Å². The van der Waals surface area contributed by atoms with Crippen molar-refractivity contribution >= 4 is 10.0 Å². The van der Waals surface area contributed by atoms with Crippen molar-refractivity contribution in [3.05, 3.63) is 30.1 Å². The van der Waals surface area contributed by atoms with E-state index < -0.39 is 15.6 Å². The third-order valence-corrected chi connectivity index (χ3v) is 5.52. The number of rotatable bonds is 7. The molecule has 2 heterocycles. The van der Waals surface area contributed by atoms with Crippen LogP contribution in [0.1, 0.15) is 25.5 Å². The third kappa shape index (κ3) is 4.74. The van der Waals surface area contributed by atoms with Gasteiger partial charge in [-0.3, -0.25) is 4.98 Å². The Morgan fingerprint density at radius 3 is 2.73 bits per heavy atom. The summed E-state index contributed by atoms with van der Waals surface area (Å²) in [5, 5.41) is 0. The molecule has 0 saturated carbocycles. The van der Waals surface area contributed by atoms with Crippen LogP contribution in [0.5, 0.6) is 0 Å². The number of nitrogens with one attached hydrogen (secondary N) is 1. The highest BCUT2D eigenvalue weighted by atomic mass is 32.2. The SMILES string of the molecule is COC(C)(CNS(=O)(=O)Cc1ccccn1)C1CCOCC1. The number of sulfonamides is 1. The Labute approximate surface area is 132 Å². The zero-order valence-electron chi connectivity index (χ0n) is 13.1. The molecule has 7 heteroatoms. The fourth-order valence-corrected chi connectivity index (χ4v) is 3.84. The van der Waals surface area contributed by atoms with E-state index in [1.807, 2.05) is 6.92 Å². The molecule has 0 radical (unpaired) electrons. The standard InChI is InChI=1S/C15H24N2O4S/c1-15(20-2,13-6-9-21-10-7-13)12-17-22(18,19)11-14-5-3-4-8-16-14/h3-5,8,13,17H,6-7,9-12H2,1-2H3. The Balaban J connectivity index is 1.96. The number of ether oxygens (including phenoxy) is 2. The van der Waals surface area contributed by atoms with Crippen LogP contribution in [0.2, 0.25) is 0 Å². The van der Waals surface area contributed by atoms with E-state index in [-0.39, 0.29) is 18.2 Å². The maximum Gasteiger partial charge on any atom is 0.217 e. The lowest BCUT2D eigenvalue weighted by Crippen LogP contribution is -2.49. The van der Waals surface area contributed by atoms with Crippen molar-refractivity contribution in [1.82, 2.24) is 9.71 Å². The molecule has 1 aliphatic heterocycles. The van der Waals surface area contributed by atoms with E-state index in [2.05, 4.69) is 9.71 Å². The summed E-state index contributed by atoms with van der Waals surface area (Å²) in [5.41, 5.74) is 0.00113. The topological polar surface area (TPSA) is 77.5 Å². The molecule has 1 aliphatic rings. The molecule has 1 aromatic heterocycles. The molecule has 0 bridgehead atoms. The van der Waals surface area contributed by atoms with Crippen LogP contribution < -0.4 is 4.72 Å². The van der Waals surface area contributed by atoms with Gasteiger partial charge in [-0.25, -0.2) is 13.1 Å². The fourth-order valence-electron chi connectivity index (χ4n) is 2.67. The molecule has 1 atom stereocenters. The summed E-state index contributed by atoms with van der Waals surface area (Å²) in [6.07, 6.45) is 3.35. The van der Waals surface area contributed by atoms with Crippen LogP contribution in [-0.2, 0) is 25.2 Å². The monoisotopic (exact) mass is 328 g/mol. The fraction of sp³-hybridized carbons (Fsp3) is 0.667. The van der Waals surface area contributed by atoms with Crippen molar-refractivity contribution in [2.24, 2.45) is 5.92 Å². The summed E-state index contributed by atoms with van der Waals surface area (Å²) in [5.74, 6) is 0.158. The van der Waals surface area contributed by atoms with Gasteiger partial charge >= 0.3 is 0 Å². The van der Waals surface area contributed by atoms with Gasteiger partial charge in [-0.2, -0.15) is 0 Å². The molecule has 0 aliphatic carbocycles. The smallest absolute Gasteiger partial charge is 0.217 e. The molecule has 6 nitrogen and oxygen atoms in total. The number of pyridine rings is 1. The maximum absolute atomic E-state index is 12.2. The molecule has 1 N–H and O–H groups in total. The van der Waals surface area contributed by atoms with Crippen LogP contribution >= 0.6 is 0 Å². The van der Waals surface area contributed by atoms with E-state index >= 15 is 0 Å². The second kappa shape index (κ2) is 7.50. The number of methoxy groups -OCH3 is 1. The molecule has 1 fully saturated rings. The number of hydrogen-bond donors (Lipinski definition) is 1. The van der Waals surface area contributed by atoms with E-state index in [1.165, 1.54) is 0 Å². The molecular formula is C15H24N2O4S. The highest BCUT2D eigenvalue weighted by Gasteiger charge is 2.36. The lowest BCUT2D eigenvalue weighted by atomic mass is 9.83. The Hall–Kier alpha value is -1.02. The van der Waals surface area contributed by atoms with E-state index in [0.29, 0.717) is 18.9 Å². The first-order valence-electron chi connectivity index (χ1n) is 7.45. The Morgan fingerprint density at radius 1 is 1.41 bits per heavy atom. The molecule has 1 saturated heterocycles. The van der Waals surface area contributed by atoms with Crippen LogP contribution in [0.4, 0.5) is 0 Å². The molecule has 22 heavy (non-hydrogen) atoms. The van der Waals surface area contributed by atoms with E-state index in [1.54, 1.807) is 31.5 Å². The van der Waals surface area contributed by atoms with Gasteiger partial charge < -0.3 is 9.47 Å². The minimum absolute atomic E-state index is 0.124. The molecular weight excluding hydrogens is 304 g/mol. The van der Waals surface area contributed by atoms with E-state index in [9.17, 15) is 8.42 Å². The summed E-state index contributed by atoms with van der Waals surface area (Å²) in [7, 11) is -1.81. The largest absolute Gasteiger partial charge is 0.381 e. The Kier molecular flexibility index (Phi) is 5.91. The summed E-state index contributed by atoms with van der Waals surface area (Å²) in [6, 6.07) is 5.24. The average molecular weight is 328 g/mol. The first kappa shape index (κ1) is 17.3. The van der Waals surface area contributed by atoms with Gasteiger partial charge in [0.2, 0.25) is 10.0 Å². The number of hydrogen-bond acceptors (Lipinski definition) is 5. The van der Waals surface area contributed by atoms with Crippen LogP contribution in [-0.4, -0.2) is 45.9 Å². The van der Waals surface area contributed by atoms with Crippen LogP contribution in [0.3, 0.4) is 0 Å². The minimum atomic E-state index is -3.44. The van der Waals surface area contributed by atoms with Gasteiger partial charge in [-0.15, -0.1) is 0 Å². The van der Waals surface area contributed by atoms with Crippen LogP contribution in [0, 0.1) is 5.92 Å². The summed E-state index contributed by atoms with van der Waals surface area (Å²) in [6.45, 7) is 3.60. The first-order valence-corrected chi connectivity index (χ1v) is 9.10. The predicted octanol–water partition coefficient (Wildman–Crippen LogP) is 1.33. The highest BCUT2D eigenvalue weighted by Crippen LogP contribution is 2.29. The van der Waals surface area contributed by atoms with Crippen molar-refractivity contribution in [3.63, 3.8) is 0 Å². The molecule has 0 spiro atoms. The van der Waals surface area contributed by atoms with Gasteiger partial charge in [0, 0.05) is 33.1 Å². The first-order chi connectivity index (χ1) is 10.5. The molecule has 1 unspecified atom stereocenters. The lowest BCUT2D eigenvalue weighted by molar-refractivity contribution is -0.0760. The van der Waals surface area contributed by atoms with Gasteiger partial charge in [0.05, 0.1) is 11.3 Å². The number of aromatic nitrogens is 1.